The Labute approximate surface area is 165 Å². The summed E-state index contributed by atoms with van der Waals surface area (Å²) in [7, 11) is 6.65. The summed E-state index contributed by atoms with van der Waals surface area (Å²) in [6.45, 7) is 0. The Morgan fingerprint density at radius 1 is 0.607 bits per heavy atom. The van der Waals surface area contributed by atoms with Gasteiger partial charge in [-0.05, 0) is 65.2 Å². The number of hydrogen-bond acceptors (Lipinski definition) is 4. The third kappa shape index (κ3) is 4.29. The molecule has 0 unspecified atom stereocenters. The molecule has 0 spiro atoms. The van der Waals surface area contributed by atoms with Crippen LogP contribution in [0.2, 0.25) is 0 Å². The summed E-state index contributed by atoms with van der Waals surface area (Å²) in [6, 6.07) is 21.7. The molecule has 3 aromatic rings. The highest BCUT2D eigenvalue weighted by Crippen LogP contribution is 2.36. The van der Waals surface area contributed by atoms with Crippen LogP contribution in [0.1, 0.15) is 16.7 Å². The first-order valence-corrected chi connectivity index (χ1v) is 8.91. The molecular formula is C24H24O4. The maximum Gasteiger partial charge on any atom is 0.126 e. The van der Waals surface area contributed by atoms with Gasteiger partial charge in [-0.15, -0.1) is 0 Å². The lowest BCUT2D eigenvalue weighted by Crippen LogP contribution is -1.96. The zero-order valence-electron chi connectivity index (χ0n) is 16.6. The Bertz CT molecular complexity index is 941. The molecule has 0 saturated carbocycles. The zero-order chi connectivity index (χ0) is 19.9. The van der Waals surface area contributed by atoms with Gasteiger partial charge in [0.25, 0.3) is 0 Å². The Kier molecular flexibility index (Phi) is 6.22. The maximum absolute atomic E-state index is 5.63. The first-order chi connectivity index (χ1) is 13.7. The molecule has 0 aromatic heterocycles. The van der Waals surface area contributed by atoms with Crippen LogP contribution in [-0.2, 0) is 0 Å². The molecule has 4 heteroatoms. The number of rotatable bonds is 7. The standard InChI is InChI=1S/C24H24O4/c1-25-19-9-5-17(6-10-19)15-22(18-7-11-20(26-2)12-8-18)23-16-21(27-3)13-14-24(23)28-4/h5-16H,1-4H3/b22-15+. The van der Waals surface area contributed by atoms with E-state index in [-0.39, 0.29) is 0 Å². The van der Waals surface area contributed by atoms with Crippen LogP contribution in [0.3, 0.4) is 0 Å². The van der Waals surface area contributed by atoms with Crippen molar-refractivity contribution in [2.24, 2.45) is 0 Å². The summed E-state index contributed by atoms with van der Waals surface area (Å²) in [5.41, 5.74) is 4.06. The van der Waals surface area contributed by atoms with Gasteiger partial charge in [0.1, 0.15) is 23.0 Å². The van der Waals surface area contributed by atoms with E-state index in [9.17, 15) is 0 Å². The molecule has 0 heterocycles. The minimum Gasteiger partial charge on any atom is -0.497 e. The van der Waals surface area contributed by atoms with E-state index in [1.54, 1.807) is 28.4 Å². The summed E-state index contributed by atoms with van der Waals surface area (Å²) in [6.07, 6.45) is 2.12. The predicted molar refractivity (Wildman–Crippen MR) is 113 cm³/mol. The monoisotopic (exact) mass is 376 g/mol. The first kappa shape index (κ1) is 19.4. The molecule has 0 radical (unpaired) electrons. The van der Waals surface area contributed by atoms with Crippen molar-refractivity contribution in [1.82, 2.24) is 0 Å². The van der Waals surface area contributed by atoms with E-state index < -0.39 is 0 Å². The van der Waals surface area contributed by atoms with Gasteiger partial charge >= 0.3 is 0 Å². The van der Waals surface area contributed by atoms with Crippen LogP contribution in [0.4, 0.5) is 0 Å². The minimum atomic E-state index is 0.768. The Balaban J connectivity index is 2.17. The molecular weight excluding hydrogens is 352 g/mol. The minimum absolute atomic E-state index is 0.768. The number of methoxy groups -OCH3 is 4. The molecule has 4 nitrogen and oxygen atoms in total. The van der Waals surface area contributed by atoms with Gasteiger partial charge in [0.2, 0.25) is 0 Å². The fourth-order valence-corrected chi connectivity index (χ4v) is 2.98. The van der Waals surface area contributed by atoms with E-state index in [0.29, 0.717) is 0 Å². The molecule has 0 aliphatic rings. The van der Waals surface area contributed by atoms with Gasteiger partial charge in [-0.3, -0.25) is 0 Å². The number of ether oxygens (including phenoxy) is 4. The van der Waals surface area contributed by atoms with Crippen molar-refractivity contribution in [1.29, 1.82) is 0 Å². The molecule has 144 valence electrons. The lowest BCUT2D eigenvalue weighted by molar-refractivity contribution is 0.402. The summed E-state index contributed by atoms with van der Waals surface area (Å²) in [4.78, 5) is 0. The predicted octanol–water partition coefficient (Wildman–Crippen LogP) is 5.31. The highest BCUT2D eigenvalue weighted by atomic mass is 16.5. The quantitative estimate of drug-likeness (QED) is 0.524. The summed E-state index contributed by atoms with van der Waals surface area (Å²) in [5.74, 6) is 3.17. The van der Waals surface area contributed by atoms with E-state index in [2.05, 4.69) is 6.08 Å². The Morgan fingerprint density at radius 3 is 1.68 bits per heavy atom. The third-order valence-corrected chi connectivity index (χ3v) is 4.52. The van der Waals surface area contributed by atoms with Crippen molar-refractivity contribution >= 4 is 11.6 Å². The van der Waals surface area contributed by atoms with E-state index in [4.69, 9.17) is 18.9 Å². The largest absolute Gasteiger partial charge is 0.497 e. The van der Waals surface area contributed by atoms with Crippen LogP contribution in [-0.4, -0.2) is 28.4 Å². The third-order valence-electron chi connectivity index (χ3n) is 4.52. The smallest absolute Gasteiger partial charge is 0.126 e. The fraction of sp³-hybridized carbons (Fsp3) is 0.167. The summed E-state index contributed by atoms with van der Waals surface area (Å²) >= 11 is 0. The van der Waals surface area contributed by atoms with Crippen molar-refractivity contribution in [2.75, 3.05) is 28.4 Å². The van der Waals surface area contributed by atoms with E-state index >= 15 is 0 Å². The molecule has 0 saturated heterocycles. The summed E-state index contributed by atoms with van der Waals surface area (Å²) in [5, 5.41) is 0. The first-order valence-electron chi connectivity index (χ1n) is 8.91. The molecule has 28 heavy (non-hydrogen) atoms. The van der Waals surface area contributed by atoms with Gasteiger partial charge in [0.15, 0.2) is 0 Å². The van der Waals surface area contributed by atoms with Crippen molar-refractivity contribution in [2.45, 2.75) is 0 Å². The van der Waals surface area contributed by atoms with E-state index in [1.807, 2.05) is 66.7 Å². The summed E-state index contributed by atoms with van der Waals surface area (Å²) < 4.78 is 21.6. The molecule has 3 rings (SSSR count). The van der Waals surface area contributed by atoms with Crippen LogP contribution in [0.15, 0.2) is 66.7 Å². The lowest BCUT2D eigenvalue weighted by Gasteiger charge is -2.15. The Hall–Kier alpha value is -3.40. The highest BCUT2D eigenvalue weighted by molar-refractivity contribution is 5.93. The highest BCUT2D eigenvalue weighted by Gasteiger charge is 2.13. The second-order valence-corrected chi connectivity index (χ2v) is 6.13. The van der Waals surface area contributed by atoms with Crippen LogP contribution < -0.4 is 18.9 Å². The van der Waals surface area contributed by atoms with Gasteiger partial charge in [-0.1, -0.05) is 24.3 Å². The van der Waals surface area contributed by atoms with Gasteiger partial charge in [-0.25, -0.2) is 0 Å². The van der Waals surface area contributed by atoms with Crippen molar-refractivity contribution < 1.29 is 18.9 Å². The normalized spacial score (nSPS) is 11.1. The van der Waals surface area contributed by atoms with Crippen molar-refractivity contribution in [3.05, 3.63) is 83.4 Å². The van der Waals surface area contributed by atoms with Crippen molar-refractivity contribution in [3.8, 4) is 23.0 Å². The molecule has 3 aromatic carbocycles. The zero-order valence-corrected chi connectivity index (χ0v) is 16.6. The molecule has 0 aliphatic heterocycles. The van der Waals surface area contributed by atoms with Crippen molar-refractivity contribution in [3.63, 3.8) is 0 Å². The SMILES string of the molecule is COc1ccc(/C=C(\c2ccc(OC)cc2)c2cc(OC)ccc2OC)cc1. The van der Waals surface area contributed by atoms with Gasteiger partial charge in [-0.2, -0.15) is 0 Å². The Morgan fingerprint density at radius 2 is 1.14 bits per heavy atom. The molecule has 0 aliphatic carbocycles. The van der Waals surface area contributed by atoms with Gasteiger partial charge < -0.3 is 18.9 Å². The van der Waals surface area contributed by atoms with Crippen LogP contribution in [0, 0.1) is 0 Å². The number of hydrogen-bond donors (Lipinski definition) is 0. The molecule has 0 amide bonds. The topological polar surface area (TPSA) is 36.9 Å². The number of benzene rings is 3. The fourth-order valence-electron chi connectivity index (χ4n) is 2.98. The molecule has 0 N–H and O–H groups in total. The van der Waals surface area contributed by atoms with E-state index in [1.165, 1.54) is 0 Å². The van der Waals surface area contributed by atoms with Crippen LogP contribution >= 0.6 is 0 Å². The second kappa shape index (κ2) is 9.00. The van der Waals surface area contributed by atoms with Gasteiger partial charge in [0, 0.05) is 5.56 Å². The average molecular weight is 376 g/mol. The van der Waals surface area contributed by atoms with Gasteiger partial charge in [0.05, 0.1) is 28.4 Å². The lowest BCUT2D eigenvalue weighted by atomic mass is 9.94. The molecule has 0 atom stereocenters. The van der Waals surface area contributed by atoms with E-state index in [0.717, 1.165) is 45.3 Å². The van der Waals surface area contributed by atoms with Crippen LogP contribution in [0.5, 0.6) is 23.0 Å². The molecule has 0 fully saturated rings. The van der Waals surface area contributed by atoms with Crippen LogP contribution in [0.25, 0.3) is 11.6 Å². The molecule has 0 bridgehead atoms. The second-order valence-electron chi connectivity index (χ2n) is 6.13. The average Bonchev–Trinajstić information content (AvgIpc) is 2.77. The maximum atomic E-state index is 5.63.